The third-order valence-corrected chi connectivity index (χ3v) is 2.80. The fourth-order valence-corrected chi connectivity index (χ4v) is 1.95. The first-order chi connectivity index (χ1) is 7.75. The van der Waals surface area contributed by atoms with E-state index in [4.69, 9.17) is 0 Å². The highest BCUT2D eigenvalue weighted by molar-refractivity contribution is 5.79. The van der Waals surface area contributed by atoms with Crippen molar-refractivity contribution in [2.24, 2.45) is 0 Å². The van der Waals surface area contributed by atoms with Gasteiger partial charge in [0.1, 0.15) is 0 Å². The van der Waals surface area contributed by atoms with Gasteiger partial charge in [-0.25, -0.2) is 0 Å². The van der Waals surface area contributed by atoms with E-state index in [1.54, 1.807) is 12.4 Å². The van der Waals surface area contributed by atoms with Crippen LogP contribution in [-0.4, -0.2) is 28.9 Å². The van der Waals surface area contributed by atoms with Crippen LogP contribution in [0.4, 0.5) is 0 Å². The molecule has 0 radical (unpaired) electrons. The molecule has 3 nitrogen and oxygen atoms in total. The van der Waals surface area contributed by atoms with Crippen molar-refractivity contribution in [1.29, 1.82) is 0 Å². The predicted octanol–water partition coefficient (Wildman–Crippen LogP) is 1.80. The molecule has 0 aromatic carbocycles. The van der Waals surface area contributed by atoms with Gasteiger partial charge in [0.25, 0.3) is 0 Å². The van der Waals surface area contributed by atoms with Gasteiger partial charge < -0.3 is 4.90 Å². The SMILES string of the molecule is C=C1CCCN(C(=O)Cc2cccnc2)C1. The van der Waals surface area contributed by atoms with Gasteiger partial charge in [0, 0.05) is 25.5 Å². The second-order valence-corrected chi connectivity index (χ2v) is 4.21. The first-order valence-corrected chi connectivity index (χ1v) is 5.59. The number of carbonyl (C=O) groups is 1. The molecule has 1 aromatic rings. The van der Waals surface area contributed by atoms with Crippen molar-refractivity contribution in [2.45, 2.75) is 19.3 Å². The molecular formula is C13H16N2O. The zero-order valence-electron chi connectivity index (χ0n) is 9.35. The number of amides is 1. The summed E-state index contributed by atoms with van der Waals surface area (Å²) in [5.41, 5.74) is 2.13. The Hall–Kier alpha value is -1.64. The van der Waals surface area contributed by atoms with Crippen molar-refractivity contribution in [3.8, 4) is 0 Å². The number of aromatic nitrogens is 1. The fraction of sp³-hybridized carbons (Fsp3) is 0.385. The smallest absolute Gasteiger partial charge is 0.227 e. The van der Waals surface area contributed by atoms with Crippen molar-refractivity contribution < 1.29 is 4.79 Å². The van der Waals surface area contributed by atoms with E-state index in [0.717, 1.165) is 37.1 Å². The lowest BCUT2D eigenvalue weighted by Gasteiger charge is -2.28. The van der Waals surface area contributed by atoms with Gasteiger partial charge in [-0.2, -0.15) is 0 Å². The molecule has 16 heavy (non-hydrogen) atoms. The molecule has 1 saturated heterocycles. The molecule has 0 bridgehead atoms. The van der Waals surface area contributed by atoms with Gasteiger partial charge in [-0.15, -0.1) is 0 Å². The lowest BCUT2D eigenvalue weighted by Crippen LogP contribution is -2.37. The summed E-state index contributed by atoms with van der Waals surface area (Å²) in [6.07, 6.45) is 6.00. The summed E-state index contributed by atoms with van der Waals surface area (Å²) < 4.78 is 0. The first kappa shape index (κ1) is 10.9. The molecule has 0 aliphatic carbocycles. The zero-order chi connectivity index (χ0) is 11.4. The van der Waals surface area contributed by atoms with Crippen molar-refractivity contribution in [3.05, 3.63) is 42.2 Å². The maximum absolute atomic E-state index is 12.0. The van der Waals surface area contributed by atoms with Crippen LogP contribution in [0.2, 0.25) is 0 Å². The maximum atomic E-state index is 12.0. The number of piperidine rings is 1. The van der Waals surface area contributed by atoms with Gasteiger partial charge in [0.05, 0.1) is 6.42 Å². The molecule has 0 N–H and O–H groups in total. The average Bonchev–Trinajstić information content (AvgIpc) is 2.30. The Balaban J connectivity index is 1.95. The largest absolute Gasteiger partial charge is 0.338 e. The Kier molecular flexibility index (Phi) is 3.34. The number of hydrogen-bond donors (Lipinski definition) is 0. The normalized spacial score (nSPS) is 16.2. The van der Waals surface area contributed by atoms with Crippen LogP contribution in [0, 0.1) is 0 Å². The van der Waals surface area contributed by atoms with Gasteiger partial charge in [-0.1, -0.05) is 18.2 Å². The molecule has 3 heteroatoms. The summed E-state index contributed by atoms with van der Waals surface area (Å²) >= 11 is 0. The first-order valence-electron chi connectivity index (χ1n) is 5.59. The van der Waals surface area contributed by atoms with E-state index in [-0.39, 0.29) is 5.91 Å². The molecule has 1 fully saturated rings. The molecule has 1 aliphatic heterocycles. The van der Waals surface area contributed by atoms with Crippen molar-refractivity contribution in [2.75, 3.05) is 13.1 Å². The van der Waals surface area contributed by atoms with Gasteiger partial charge >= 0.3 is 0 Å². The van der Waals surface area contributed by atoms with Crippen LogP contribution in [0.15, 0.2) is 36.7 Å². The second kappa shape index (κ2) is 4.92. The van der Waals surface area contributed by atoms with Gasteiger partial charge in [-0.3, -0.25) is 9.78 Å². The van der Waals surface area contributed by atoms with Crippen LogP contribution in [0.5, 0.6) is 0 Å². The van der Waals surface area contributed by atoms with E-state index in [1.807, 2.05) is 17.0 Å². The topological polar surface area (TPSA) is 33.2 Å². The van der Waals surface area contributed by atoms with Crippen molar-refractivity contribution in [1.82, 2.24) is 9.88 Å². The van der Waals surface area contributed by atoms with E-state index in [1.165, 1.54) is 0 Å². The van der Waals surface area contributed by atoms with E-state index >= 15 is 0 Å². The van der Waals surface area contributed by atoms with E-state index in [0.29, 0.717) is 6.42 Å². The number of rotatable bonds is 2. The molecule has 1 amide bonds. The monoisotopic (exact) mass is 216 g/mol. The molecule has 1 aromatic heterocycles. The Morgan fingerprint density at radius 3 is 3.12 bits per heavy atom. The summed E-state index contributed by atoms with van der Waals surface area (Å²) in [7, 11) is 0. The Morgan fingerprint density at radius 1 is 1.56 bits per heavy atom. The fourth-order valence-electron chi connectivity index (χ4n) is 1.95. The van der Waals surface area contributed by atoms with Crippen LogP contribution in [-0.2, 0) is 11.2 Å². The molecular weight excluding hydrogens is 200 g/mol. The van der Waals surface area contributed by atoms with Gasteiger partial charge in [-0.05, 0) is 24.5 Å². The number of pyridine rings is 1. The number of likely N-dealkylation sites (tertiary alicyclic amines) is 1. The van der Waals surface area contributed by atoms with Crippen LogP contribution < -0.4 is 0 Å². The molecule has 84 valence electrons. The van der Waals surface area contributed by atoms with Gasteiger partial charge in [0.2, 0.25) is 5.91 Å². The number of nitrogens with zero attached hydrogens (tertiary/aromatic N) is 2. The molecule has 0 spiro atoms. The van der Waals surface area contributed by atoms with Crippen LogP contribution in [0.25, 0.3) is 0 Å². The quantitative estimate of drug-likeness (QED) is 0.706. The average molecular weight is 216 g/mol. The maximum Gasteiger partial charge on any atom is 0.227 e. The summed E-state index contributed by atoms with van der Waals surface area (Å²) in [5, 5.41) is 0. The van der Waals surface area contributed by atoms with Crippen LogP contribution in [0.3, 0.4) is 0 Å². The third kappa shape index (κ3) is 2.69. The van der Waals surface area contributed by atoms with Crippen LogP contribution in [0.1, 0.15) is 18.4 Å². The Morgan fingerprint density at radius 2 is 2.44 bits per heavy atom. The van der Waals surface area contributed by atoms with Crippen LogP contribution >= 0.6 is 0 Å². The predicted molar refractivity (Wildman–Crippen MR) is 62.9 cm³/mol. The molecule has 0 unspecified atom stereocenters. The highest BCUT2D eigenvalue weighted by Crippen LogP contribution is 2.14. The lowest BCUT2D eigenvalue weighted by atomic mass is 10.1. The van der Waals surface area contributed by atoms with Crippen molar-refractivity contribution >= 4 is 5.91 Å². The zero-order valence-corrected chi connectivity index (χ0v) is 9.35. The molecule has 0 atom stereocenters. The summed E-state index contributed by atoms with van der Waals surface area (Å²) in [6.45, 7) is 5.53. The summed E-state index contributed by atoms with van der Waals surface area (Å²) in [4.78, 5) is 17.9. The van der Waals surface area contributed by atoms with Crippen molar-refractivity contribution in [3.63, 3.8) is 0 Å². The number of hydrogen-bond acceptors (Lipinski definition) is 2. The van der Waals surface area contributed by atoms with E-state index in [2.05, 4.69) is 11.6 Å². The van der Waals surface area contributed by atoms with E-state index in [9.17, 15) is 4.79 Å². The molecule has 2 heterocycles. The molecule has 1 aliphatic rings. The van der Waals surface area contributed by atoms with Gasteiger partial charge in [0.15, 0.2) is 0 Å². The molecule has 0 saturated carbocycles. The van der Waals surface area contributed by atoms with E-state index < -0.39 is 0 Å². The minimum absolute atomic E-state index is 0.175. The second-order valence-electron chi connectivity index (χ2n) is 4.21. The highest BCUT2D eigenvalue weighted by Gasteiger charge is 2.18. The highest BCUT2D eigenvalue weighted by atomic mass is 16.2. The minimum Gasteiger partial charge on any atom is -0.338 e. The molecule has 2 rings (SSSR count). The Labute approximate surface area is 95.8 Å². The standard InChI is InChI=1S/C13H16N2O/c1-11-4-3-7-15(10-11)13(16)8-12-5-2-6-14-9-12/h2,5-6,9H,1,3-4,7-8,10H2. The number of carbonyl (C=O) groups excluding carboxylic acids is 1. The lowest BCUT2D eigenvalue weighted by molar-refractivity contribution is -0.130. The Bertz CT molecular complexity index is 386. The summed E-state index contributed by atoms with van der Waals surface area (Å²) in [6, 6.07) is 3.79. The summed E-state index contributed by atoms with van der Waals surface area (Å²) in [5.74, 6) is 0.175. The third-order valence-electron chi connectivity index (χ3n) is 2.80. The minimum atomic E-state index is 0.175.